The van der Waals surface area contributed by atoms with E-state index in [2.05, 4.69) is 5.32 Å². The molecule has 0 radical (unpaired) electrons. The molecule has 1 amide bonds. The summed E-state index contributed by atoms with van der Waals surface area (Å²) in [5.74, 6) is -0.208. The summed E-state index contributed by atoms with van der Waals surface area (Å²) in [7, 11) is -3.04. The van der Waals surface area contributed by atoms with Gasteiger partial charge in [-0.05, 0) is 31.0 Å². The quantitative estimate of drug-likeness (QED) is 0.899. The summed E-state index contributed by atoms with van der Waals surface area (Å²) < 4.78 is 22.7. The smallest absolute Gasteiger partial charge is 0.252 e. The van der Waals surface area contributed by atoms with Crippen LogP contribution in [-0.2, 0) is 9.84 Å². The van der Waals surface area contributed by atoms with Crippen molar-refractivity contribution >= 4 is 38.9 Å². The molecule has 1 aliphatic rings. The van der Waals surface area contributed by atoms with E-state index in [0.717, 1.165) is 12.8 Å². The van der Waals surface area contributed by atoms with E-state index in [0.29, 0.717) is 17.1 Å². The van der Waals surface area contributed by atoms with Crippen molar-refractivity contribution < 1.29 is 13.2 Å². The molecule has 0 atom stereocenters. The Labute approximate surface area is 128 Å². The molecule has 0 saturated heterocycles. The molecule has 0 aromatic heterocycles. The number of carbonyl (C=O) groups excluding carboxylic acids is 1. The predicted octanol–water partition coefficient (Wildman–Crippen LogP) is 2.55. The second kappa shape index (κ2) is 5.54. The minimum absolute atomic E-state index is 0.106. The van der Waals surface area contributed by atoms with Crippen LogP contribution in [0.1, 0.15) is 23.2 Å². The van der Waals surface area contributed by atoms with Gasteiger partial charge in [-0.15, -0.1) is 0 Å². The lowest BCUT2D eigenvalue weighted by atomic mass is 10.1. The maximum Gasteiger partial charge on any atom is 0.252 e. The number of halogens is 2. The molecule has 0 spiro atoms. The van der Waals surface area contributed by atoms with Gasteiger partial charge in [0.05, 0.1) is 16.3 Å². The number of hydrogen-bond donors (Lipinski definition) is 1. The fourth-order valence-corrected chi connectivity index (χ4v) is 4.14. The van der Waals surface area contributed by atoms with Gasteiger partial charge in [-0.3, -0.25) is 4.79 Å². The number of amides is 1. The van der Waals surface area contributed by atoms with Crippen LogP contribution in [0.4, 0.5) is 0 Å². The standard InChI is InChI=1S/C13H15Cl2NO3S/c1-20(18,19)8-13(4-5-13)7-16-12(17)10-3-2-9(14)6-11(10)15/h2-3,6H,4-5,7-8H2,1H3,(H,16,17). The van der Waals surface area contributed by atoms with Crippen LogP contribution in [0.15, 0.2) is 18.2 Å². The number of hydrogen-bond acceptors (Lipinski definition) is 3. The SMILES string of the molecule is CS(=O)(=O)CC1(CNC(=O)c2ccc(Cl)cc2Cl)CC1. The topological polar surface area (TPSA) is 63.2 Å². The van der Waals surface area contributed by atoms with E-state index in [9.17, 15) is 13.2 Å². The van der Waals surface area contributed by atoms with Gasteiger partial charge in [0, 0.05) is 23.2 Å². The molecule has 0 bridgehead atoms. The average molecular weight is 336 g/mol. The highest BCUT2D eigenvalue weighted by Gasteiger charge is 2.45. The van der Waals surface area contributed by atoms with Crippen molar-refractivity contribution in [2.75, 3.05) is 18.6 Å². The molecule has 7 heteroatoms. The molecule has 0 unspecified atom stereocenters. The van der Waals surface area contributed by atoms with Crippen molar-refractivity contribution in [3.05, 3.63) is 33.8 Å². The van der Waals surface area contributed by atoms with Gasteiger partial charge < -0.3 is 5.32 Å². The van der Waals surface area contributed by atoms with Crippen LogP contribution in [0, 0.1) is 5.41 Å². The van der Waals surface area contributed by atoms with E-state index in [4.69, 9.17) is 23.2 Å². The molecule has 2 rings (SSSR count). The van der Waals surface area contributed by atoms with Crippen molar-refractivity contribution in [1.82, 2.24) is 5.32 Å². The van der Waals surface area contributed by atoms with Gasteiger partial charge in [-0.1, -0.05) is 23.2 Å². The lowest BCUT2D eigenvalue weighted by Gasteiger charge is -2.15. The Hall–Kier alpha value is -0.780. The van der Waals surface area contributed by atoms with Gasteiger partial charge in [-0.25, -0.2) is 8.42 Å². The third kappa shape index (κ3) is 4.11. The molecular weight excluding hydrogens is 321 g/mol. The number of carbonyl (C=O) groups is 1. The van der Waals surface area contributed by atoms with E-state index >= 15 is 0 Å². The fourth-order valence-electron chi connectivity index (χ4n) is 2.14. The van der Waals surface area contributed by atoms with Crippen LogP contribution in [0.2, 0.25) is 10.0 Å². The fraction of sp³-hybridized carbons (Fsp3) is 0.462. The highest BCUT2D eigenvalue weighted by molar-refractivity contribution is 7.90. The lowest BCUT2D eigenvalue weighted by Crippen LogP contribution is -2.33. The monoisotopic (exact) mass is 335 g/mol. The maximum atomic E-state index is 12.0. The van der Waals surface area contributed by atoms with E-state index in [1.807, 2.05) is 0 Å². The zero-order chi connectivity index (χ0) is 15.0. The summed E-state index contributed by atoms with van der Waals surface area (Å²) in [6, 6.07) is 4.64. The highest BCUT2D eigenvalue weighted by atomic mass is 35.5. The van der Waals surface area contributed by atoms with Crippen LogP contribution in [-0.4, -0.2) is 32.9 Å². The molecule has 1 N–H and O–H groups in total. The lowest BCUT2D eigenvalue weighted by molar-refractivity contribution is 0.0946. The number of rotatable bonds is 5. The molecule has 1 fully saturated rings. The first-order chi connectivity index (χ1) is 9.21. The largest absolute Gasteiger partial charge is 0.351 e. The van der Waals surface area contributed by atoms with Crippen molar-refractivity contribution in [3.63, 3.8) is 0 Å². The van der Waals surface area contributed by atoms with Gasteiger partial charge in [0.2, 0.25) is 0 Å². The molecule has 0 aliphatic heterocycles. The first-order valence-corrected chi connectivity index (χ1v) is 8.93. The molecule has 110 valence electrons. The second-order valence-corrected chi connectivity index (χ2v) is 8.36. The van der Waals surface area contributed by atoms with Gasteiger partial charge >= 0.3 is 0 Å². The van der Waals surface area contributed by atoms with Crippen molar-refractivity contribution in [2.24, 2.45) is 5.41 Å². The first-order valence-electron chi connectivity index (χ1n) is 6.12. The number of nitrogens with one attached hydrogen (secondary N) is 1. The normalized spacial score (nSPS) is 16.8. The Kier molecular flexibility index (Phi) is 4.33. The van der Waals surface area contributed by atoms with Crippen molar-refractivity contribution in [2.45, 2.75) is 12.8 Å². The Balaban J connectivity index is 1.99. The second-order valence-electron chi connectivity index (χ2n) is 5.38. The summed E-state index contributed by atoms with van der Waals surface area (Å²) >= 11 is 11.7. The Morgan fingerprint density at radius 1 is 1.35 bits per heavy atom. The van der Waals surface area contributed by atoms with Crippen molar-refractivity contribution in [1.29, 1.82) is 0 Å². The van der Waals surface area contributed by atoms with Crippen LogP contribution in [0.5, 0.6) is 0 Å². The van der Waals surface area contributed by atoms with Gasteiger partial charge in [0.15, 0.2) is 0 Å². The summed E-state index contributed by atoms with van der Waals surface area (Å²) in [5.41, 5.74) is 0.0357. The molecule has 1 saturated carbocycles. The Morgan fingerprint density at radius 2 is 2.00 bits per heavy atom. The molecule has 0 heterocycles. The van der Waals surface area contributed by atoms with E-state index in [-0.39, 0.29) is 22.1 Å². The third-order valence-electron chi connectivity index (χ3n) is 3.33. The highest BCUT2D eigenvalue weighted by Crippen LogP contribution is 2.46. The Morgan fingerprint density at radius 3 is 2.50 bits per heavy atom. The van der Waals surface area contributed by atoms with Crippen LogP contribution in [0.3, 0.4) is 0 Å². The summed E-state index contributed by atoms with van der Waals surface area (Å²) in [5, 5.41) is 3.49. The third-order valence-corrected chi connectivity index (χ3v) is 5.01. The first kappa shape index (κ1) is 15.6. The molecular formula is C13H15Cl2NO3S. The van der Waals surface area contributed by atoms with Gasteiger partial charge in [0.1, 0.15) is 9.84 Å². The van der Waals surface area contributed by atoms with E-state index in [1.165, 1.54) is 12.3 Å². The predicted molar refractivity (Wildman–Crippen MR) is 80.2 cm³/mol. The van der Waals surface area contributed by atoms with Crippen LogP contribution >= 0.6 is 23.2 Å². The molecule has 1 aliphatic carbocycles. The molecule has 1 aromatic carbocycles. The van der Waals surface area contributed by atoms with Gasteiger partial charge in [-0.2, -0.15) is 0 Å². The van der Waals surface area contributed by atoms with E-state index in [1.54, 1.807) is 12.1 Å². The zero-order valence-corrected chi connectivity index (χ0v) is 13.3. The molecule has 20 heavy (non-hydrogen) atoms. The Bertz CT molecular complexity index is 639. The van der Waals surface area contributed by atoms with Crippen LogP contribution in [0.25, 0.3) is 0 Å². The minimum Gasteiger partial charge on any atom is -0.351 e. The van der Waals surface area contributed by atoms with Crippen LogP contribution < -0.4 is 5.32 Å². The van der Waals surface area contributed by atoms with Gasteiger partial charge in [0.25, 0.3) is 5.91 Å². The maximum absolute atomic E-state index is 12.0. The number of sulfone groups is 1. The summed E-state index contributed by atoms with van der Waals surface area (Å²) in [6.07, 6.45) is 2.84. The zero-order valence-electron chi connectivity index (χ0n) is 10.9. The molecule has 1 aromatic rings. The number of benzene rings is 1. The average Bonchev–Trinajstić information content (AvgIpc) is 3.04. The van der Waals surface area contributed by atoms with E-state index < -0.39 is 9.84 Å². The minimum atomic E-state index is -3.04. The summed E-state index contributed by atoms with van der Waals surface area (Å²) in [6.45, 7) is 0.345. The van der Waals surface area contributed by atoms with Crippen molar-refractivity contribution in [3.8, 4) is 0 Å². The molecule has 4 nitrogen and oxygen atoms in total. The summed E-state index contributed by atoms with van der Waals surface area (Å²) in [4.78, 5) is 12.0.